The molecule has 6 heteroatoms. The maximum absolute atomic E-state index is 12.3. The molecule has 1 aliphatic heterocycles. The fourth-order valence-corrected chi connectivity index (χ4v) is 3.11. The van der Waals surface area contributed by atoms with Crippen LogP contribution in [0.2, 0.25) is 0 Å². The molecule has 2 aliphatic rings. The van der Waals surface area contributed by atoms with Crippen molar-refractivity contribution >= 4 is 18.3 Å². The number of hydrogen-bond donors (Lipinski definition) is 1. The number of carbonyl (C=O) groups is 1. The summed E-state index contributed by atoms with van der Waals surface area (Å²) in [6.07, 6.45) is 3.16. The summed E-state index contributed by atoms with van der Waals surface area (Å²) in [5.41, 5.74) is 1.28. The summed E-state index contributed by atoms with van der Waals surface area (Å²) in [6, 6.07) is 8.91. The van der Waals surface area contributed by atoms with Crippen molar-refractivity contribution in [3.63, 3.8) is 0 Å². The van der Waals surface area contributed by atoms with E-state index in [9.17, 15) is 4.79 Å². The van der Waals surface area contributed by atoms with Crippen LogP contribution in [0.25, 0.3) is 0 Å². The van der Waals surface area contributed by atoms with Gasteiger partial charge in [0, 0.05) is 51.7 Å². The average Bonchev–Trinajstić information content (AvgIpc) is 3.44. The molecular weight excluding hydrogens is 326 g/mol. The molecule has 0 atom stereocenters. The molecular formula is C18H28ClN3O2. The van der Waals surface area contributed by atoms with E-state index in [2.05, 4.69) is 22.3 Å². The smallest absolute Gasteiger partial charge is 0.223 e. The Bertz CT molecular complexity index is 514. The molecule has 0 spiro atoms. The number of piperazine rings is 1. The normalized spacial score (nSPS) is 17.5. The molecule has 0 aromatic heterocycles. The van der Waals surface area contributed by atoms with Gasteiger partial charge in [0.15, 0.2) is 0 Å². The molecule has 24 heavy (non-hydrogen) atoms. The van der Waals surface area contributed by atoms with Gasteiger partial charge in [0.1, 0.15) is 5.75 Å². The quantitative estimate of drug-likeness (QED) is 0.813. The lowest BCUT2D eigenvalue weighted by Crippen LogP contribution is -2.47. The van der Waals surface area contributed by atoms with Gasteiger partial charge in [-0.2, -0.15) is 0 Å². The zero-order valence-corrected chi connectivity index (χ0v) is 15.2. The predicted molar refractivity (Wildman–Crippen MR) is 97.7 cm³/mol. The first-order valence-corrected chi connectivity index (χ1v) is 8.62. The minimum atomic E-state index is 0. The van der Waals surface area contributed by atoms with Gasteiger partial charge >= 0.3 is 0 Å². The van der Waals surface area contributed by atoms with Crippen LogP contribution in [0.3, 0.4) is 0 Å². The molecule has 3 rings (SSSR count). The highest BCUT2D eigenvalue weighted by atomic mass is 35.5. The van der Waals surface area contributed by atoms with Crippen molar-refractivity contribution in [2.75, 3.05) is 39.8 Å². The number of hydrogen-bond acceptors (Lipinski definition) is 4. The molecule has 1 saturated heterocycles. The maximum atomic E-state index is 12.3. The van der Waals surface area contributed by atoms with Crippen molar-refractivity contribution in [2.45, 2.75) is 31.8 Å². The molecule has 1 heterocycles. The maximum Gasteiger partial charge on any atom is 0.223 e. The second kappa shape index (κ2) is 9.25. The Balaban J connectivity index is 0.00000208. The highest BCUT2D eigenvalue weighted by Gasteiger charge is 2.29. The summed E-state index contributed by atoms with van der Waals surface area (Å²) >= 11 is 0. The first-order valence-electron chi connectivity index (χ1n) is 8.62. The van der Waals surface area contributed by atoms with E-state index >= 15 is 0 Å². The number of nitrogens with one attached hydrogen (secondary N) is 1. The fraction of sp³-hybridized carbons (Fsp3) is 0.611. The molecule has 0 radical (unpaired) electrons. The summed E-state index contributed by atoms with van der Waals surface area (Å²) in [5.74, 6) is 1.19. The Morgan fingerprint density at radius 2 is 1.92 bits per heavy atom. The zero-order chi connectivity index (χ0) is 16.1. The summed E-state index contributed by atoms with van der Waals surface area (Å²) in [4.78, 5) is 16.8. The monoisotopic (exact) mass is 353 g/mol. The Hall–Kier alpha value is -1.30. The van der Waals surface area contributed by atoms with E-state index in [1.165, 1.54) is 18.4 Å². The molecule has 1 N–H and O–H groups in total. The number of nitrogens with zero attached hydrogens (tertiary/aromatic N) is 2. The van der Waals surface area contributed by atoms with Crippen LogP contribution in [0.5, 0.6) is 5.75 Å². The van der Waals surface area contributed by atoms with Crippen molar-refractivity contribution in [2.24, 2.45) is 0 Å². The summed E-state index contributed by atoms with van der Waals surface area (Å²) in [7, 11) is 1.69. The van der Waals surface area contributed by atoms with Crippen molar-refractivity contribution in [3.05, 3.63) is 29.8 Å². The lowest BCUT2D eigenvalue weighted by atomic mass is 10.2. The topological polar surface area (TPSA) is 44.8 Å². The summed E-state index contributed by atoms with van der Waals surface area (Å²) < 4.78 is 5.21. The standard InChI is InChI=1S/C18H27N3O2.ClH/c1-23-17-6-2-15(3-7-17)14-21(16-4-5-16)11-8-18(22)20-12-9-19-10-13-20;/h2-3,6-7,16,19H,4-5,8-14H2,1H3;1H. The van der Waals surface area contributed by atoms with E-state index < -0.39 is 0 Å². The van der Waals surface area contributed by atoms with E-state index in [0.29, 0.717) is 18.4 Å². The van der Waals surface area contributed by atoms with Crippen molar-refractivity contribution in [1.82, 2.24) is 15.1 Å². The second-order valence-electron chi connectivity index (χ2n) is 6.43. The number of carbonyl (C=O) groups excluding carboxylic acids is 1. The molecule has 1 saturated carbocycles. The largest absolute Gasteiger partial charge is 0.497 e. The fourth-order valence-electron chi connectivity index (χ4n) is 3.11. The van der Waals surface area contributed by atoms with Gasteiger partial charge in [0.05, 0.1) is 7.11 Å². The third kappa shape index (κ3) is 5.36. The summed E-state index contributed by atoms with van der Waals surface area (Å²) in [6.45, 7) is 5.32. The number of amides is 1. The van der Waals surface area contributed by atoms with Crippen molar-refractivity contribution in [1.29, 1.82) is 0 Å². The SMILES string of the molecule is COc1ccc(CN(CCC(=O)N2CCNCC2)C2CC2)cc1.Cl. The van der Waals surface area contributed by atoms with Gasteiger partial charge in [-0.3, -0.25) is 9.69 Å². The van der Waals surface area contributed by atoms with Crippen LogP contribution >= 0.6 is 12.4 Å². The molecule has 134 valence electrons. The number of methoxy groups -OCH3 is 1. The van der Waals surface area contributed by atoms with Crippen LogP contribution in [0.1, 0.15) is 24.8 Å². The van der Waals surface area contributed by atoms with E-state index in [-0.39, 0.29) is 12.4 Å². The molecule has 1 amide bonds. The van der Waals surface area contributed by atoms with E-state index in [1.807, 2.05) is 17.0 Å². The van der Waals surface area contributed by atoms with Crippen LogP contribution in [0.15, 0.2) is 24.3 Å². The van der Waals surface area contributed by atoms with Crippen molar-refractivity contribution < 1.29 is 9.53 Å². The summed E-state index contributed by atoms with van der Waals surface area (Å²) in [5, 5.41) is 3.29. The predicted octanol–water partition coefficient (Wildman–Crippen LogP) is 1.90. The van der Waals surface area contributed by atoms with E-state index in [4.69, 9.17) is 4.74 Å². The highest BCUT2D eigenvalue weighted by molar-refractivity contribution is 5.85. The lowest BCUT2D eigenvalue weighted by molar-refractivity contribution is -0.132. The first kappa shape index (κ1) is 19.0. The number of ether oxygens (including phenoxy) is 1. The van der Waals surface area contributed by atoms with Crippen LogP contribution in [-0.2, 0) is 11.3 Å². The van der Waals surface area contributed by atoms with Gasteiger partial charge in [-0.15, -0.1) is 12.4 Å². The van der Waals surface area contributed by atoms with Gasteiger partial charge in [0.2, 0.25) is 5.91 Å². The molecule has 0 bridgehead atoms. The van der Waals surface area contributed by atoms with E-state index in [0.717, 1.165) is 45.0 Å². The molecule has 1 aliphatic carbocycles. The Morgan fingerprint density at radius 1 is 1.25 bits per heavy atom. The molecule has 2 fully saturated rings. The van der Waals surface area contributed by atoms with Gasteiger partial charge in [-0.1, -0.05) is 12.1 Å². The molecule has 0 unspecified atom stereocenters. The zero-order valence-electron chi connectivity index (χ0n) is 14.4. The number of halogens is 1. The van der Waals surface area contributed by atoms with Gasteiger partial charge in [0.25, 0.3) is 0 Å². The molecule has 1 aromatic rings. The second-order valence-corrected chi connectivity index (χ2v) is 6.43. The van der Waals surface area contributed by atoms with Gasteiger partial charge < -0.3 is 15.0 Å². The minimum absolute atomic E-state index is 0. The van der Waals surface area contributed by atoms with Gasteiger partial charge in [-0.25, -0.2) is 0 Å². The highest BCUT2D eigenvalue weighted by Crippen LogP contribution is 2.28. The Morgan fingerprint density at radius 3 is 2.50 bits per heavy atom. The number of benzene rings is 1. The van der Waals surface area contributed by atoms with Crippen LogP contribution in [0, 0.1) is 0 Å². The minimum Gasteiger partial charge on any atom is -0.497 e. The third-order valence-corrected chi connectivity index (χ3v) is 4.69. The number of rotatable bonds is 7. The first-order chi connectivity index (χ1) is 11.3. The van der Waals surface area contributed by atoms with Gasteiger partial charge in [-0.05, 0) is 30.5 Å². The van der Waals surface area contributed by atoms with Crippen molar-refractivity contribution in [3.8, 4) is 5.75 Å². The molecule has 5 nitrogen and oxygen atoms in total. The van der Waals surface area contributed by atoms with Crippen LogP contribution in [-0.4, -0.2) is 61.6 Å². The average molecular weight is 354 g/mol. The third-order valence-electron chi connectivity index (χ3n) is 4.69. The van der Waals surface area contributed by atoms with Crippen LogP contribution in [0.4, 0.5) is 0 Å². The molecule has 1 aromatic carbocycles. The van der Waals surface area contributed by atoms with E-state index in [1.54, 1.807) is 7.11 Å². The van der Waals surface area contributed by atoms with Crippen LogP contribution < -0.4 is 10.1 Å². The Labute approximate surface area is 150 Å². The Kier molecular flexibility index (Phi) is 7.34. The lowest BCUT2D eigenvalue weighted by Gasteiger charge is -2.29.